The third kappa shape index (κ3) is 2.29. The highest BCUT2D eigenvalue weighted by atomic mass is 16.5. The number of methoxy groups -OCH3 is 2. The highest BCUT2D eigenvalue weighted by Gasteiger charge is 2.29. The van der Waals surface area contributed by atoms with Gasteiger partial charge in [0.05, 0.1) is 14.2 Å². The van der Waals surface area contributed by atoms with E-state index in [0.717, 1.165) is 17.9 Å². The van der Waals surface area contributed by atoms with E-state index in [4.69, 9.17) is 9.47 Å². The van der Waals surface area contributed by atoms with Crippen LogP contribution in [-0.2, 0) is 0 Å². The molecule has 0 spiro atoms. The minimum absolute atomic E-state index is 0.429. The average Bonchev–Trinajstić information content (AvgIpc) is 2.86. The monoisotopic (exact) mass is 294 g/mol. The maximum absolute atomic E-state index is 5.40. The van der Waals surface area contributed by atoms with Crippen molar-refractivity contribution in [1.82, 2.24) is 0 Å². The van der Waals surface area contributed by atoms with Crippen LogP contribution in [0.2, 0.25) is 0 Å². The Hall–Kier alpha value is -2.22. The van der Waals surface area contributed by atoms with Gasteiger partial charge in [-0.25, -0.2) is 0 Å². The molecule has 0 saturated heterocycles. The molecule has 0 saturated carbocycles. The van der Waals surface area contributed by atoms with Gasteiger partial charge in [-0.15, -0.1) is 0 Å². The van der Waals surface area contributed by atoms with Gasteiger partial charge in [0, 0.05) is 5.92 Å². The second kappa shape index (κ2) is 5.88. The van der Waals surface area contributed by atoms with Crippen LogP contribution in [0.1, 0.15) is 42.9 Å². The third-order valence-electron chi connectivity index (χ3n) is 4.60. The molecule has 0 amide bonds. The first-order valence-corrected chi connectivity index (χ1v) is 7.73. The summed E-state index contributed by atoms with van der Waals surface area (Å²) in [5.41, 5.74) is 6.80. The normalized spacial score (nSPS) is 16.6. The summed E-state index contributed by atoms with van der Waals surface area (Å²) in [6, 6.07) is 14.8. The van der Waals surface area contributed by atoms with E-state index in [1.165, 1.54) is 27.8 Å². The fourth-order valence-corrected chi connectivity index (χ4v) is 3.47. The maximum Gasteiger partial charge on any atom is 0.119 e. The minimum atomic E-state index is 0.429. The first-order chi connectivity index (χ1) is 10.7. The molecule has 1 aliphatic carbocycles. The van der Waals surface area contributed by atoms with Gasteiger partial charge in [0.15, 0.2) is 0 Å². The van der Waals surface area contributed by atoms with Gasteiger partial charge in [0.25, 0.3) is 0 Å². The van der Waals surface area contributed by atoms with Gasteiger partial charge < -0.3 is 9.47 Å². The Kier molecular flexibility index (Phi) is 3.93. The van der Waals surface area contributed by atoms with Crippen LogP contribution >= 0.6 is 0 Å². The van der Waals surface area contributed by atoms with E-state index in [0.29, 0.717) is 5.92 Å². The third-order valence-corrected chi connectivity index (χ3v) is 4.60. The fourth-order valence-electron chi connectivity index (χ4n) is 3.47. The van der Waals surface area contributed by atoms with Crippen molar-refractivity contribution in [2.75, 3.05) is 14.2 Å². The van der Waals surface area contributed by atoms with Crippen LogP contribution < -0.4 is 9.47 Å². The van der Waals surface area contributed by atoms with E-state index < -0.39 is 0 Å². The van der Waals surface area contributed by atoms with Crippen LogP contribution in [0, 0.1) is 0 Å². The van der Waals surface area contributed by atoms with E-state index in [9.17, 15) is 0 Å². The number of hydrogen-bond donors (Lipinski definition) is 0. The Balaban J connectivity index is 2.09. The van der Waals surface area contributed by atoms with Crippen LogP contribution in [0.3, 0.4) is 0 Å². The molecule has 1 atom stereocenters. The van der Waals surface area contributed by atoms with E-state index in [-0.39, 0.29) is 0 Å². The van der Waals surface area contributed by atoms with Crippen molar-refractivity contribution in [2.45, 2.75) is 26.2 Å². The van der Waals surface area contributed by atoms with Gasteiger partial charge in [-0.05, 0) is 65.4 Å². The van der Waals surface area contributed by atoms with E-state index in [2.05, 4.69) is 38.1 Å². The largest absolute Gasteiger partial charge is 0.497 e. The highest BCUT2D eigenvalue weighted by Crippen LogP contribution is 2.49. The van der Waals surface area contributed by atoms with Gasteiger partial charge in [-0.1, -0.05) is 25.1 Å². The minimum Gasteiger partial charge on any atom is -0.497 e. The van der Waals surface area contributed by atoms with Crippen LogP contribution in [0.4, 0.5) is 0 Å². The first-order valence-electron chi connectivity index (χ1n) is 7.73. The topological polar surface area (TPSA) is 18.5 Å². The molecular weight excluding hydrogens is 272 g/mol. The molecule has 0 aromatic heterocycles. The molecule has 2 nitrogen and oxygen atoms in total. The molecule has 0 aliphatic heterocycles. The first kappa shape index (κ1) is 14.7. The van der Waals surface area contributed by atoms with Crippen LogP contribution in [0.15, 0.2) is 42.5 Å². The summed E-state index contributed by atoms with van der Waals surface area (Å²) < 4.78 is 10.7. The second-order valence-electron chi connectivity index (χ2n) is 5.68. The van der Waals surface area contributed by atoms with Gasteiger partial charge in [-0.2, -0.15) is 0 Å². The summed E-state index contributed by atoms with van der Waals surface area (Å²) in [4.78, 5) is 0. The number of hydrogen-bond acceptors (Lipinski definition) is 2. The second-order valence-corrected chi connectivity index (χ2v) is 5.68. The molecule has 1 unspecified atom stereocenters. The number of benzene rings is 2. The Labute approximate surface area is 132 Å². The molecule has 0 radical (unpaired) electrons. The fraction of sp³-hybridized carbons (Fsp3) is 0.300. The zero-order chi connectivity index (χ0) is 15.7. The maximum atomic E-state index is 5.40. The predicted octanol–water partition coefficient (Wildman–Crippen LogP) is 5.14. The number of ether oxygens (including phenoxy) is 2. The van der Waals surface area contributed by atoms with E-state index in [1.807, 2.05) is 18.2 Å². The lowest BCUT2D eigenvalue weighted by Crippen LogP contribution is -1.98. The zero-order valence-corrected chi connectivity index (χ0v) is 13.6. The lowest BCUT2D eigenvalue weighted by Gasteiger charge is -2.16. The van der Waals surface area contributed by atoms with Gasteiger partial charge in [0.1, 0.15) is 11.5 Å². The molecule has 0 heterocycles. The SMILES string of the molecule is CCC1C(c2ccc(OC)cc2)=C(C)c2ccc(OC)cc21. The molecule has 114 valence electrons. The van der Waals surface area contributed by atoms with Gasteiger partial charge in [-0.3, -0.25) is 0 Å². The summed E-state index contributed by atoms with van der Waals surface area (Å²) >= 11 is 0. The Morgan fingerprint density at radius 1 is 0.909 bits per heavy atom. The van der Waals surface area contributed by atoms with Crippen LogP contribution in [0.25, 0.3) is 11.1 Å². The van der Waals surface area contributed by atoms with E-state index in [1.54, 1.807) is 14.2 Å². The lowest BCUT2D eigenvalue weighted by molar-refractivity contribution is 0.414. The summed E-state index contributed by atoms with van der Waals surface area (Å²) in [5, 5.41) is 0. The molecule has 22 heavy (non-hydrogen) atoms. The Morgan fingerprint density at radius 2 is 1.55 bits per heavy atom. The summed E-state index contributed by atoms with van der Waals surface area (Å²) in [6.45, 7) is 4.47. The number of allylic oxidation sites excluding steroid dienone is 2. The molecular formula is C20H22O2. The van der Waals surface area contributed by atoms with Crippen molar-refractivity contribution in [3.63, 3.8) is 0 Å². The van der Waals surface area contributed by atoms with Crippen molar-refractivity contribution < 1.29 is 9.47 Å². The summed E-state index contributed by atoms with van der Waals surface area (Å²) in [7, 11) is 3.42. The van der Waals surface area contributed by atoms with Gasteiger partial charge >= 0.3 is 0 Å². The van der Waals surface area contributed by atoms with Crippen molar-refractivity contribution in [1.29, 1.82) is 0 Å². The smallest absolute Gasteiger partial charge is 0.119 e. The molecule has 0 bridgehead atoms. The van der Waals surface area contributed by atoms with E-state index >= 15 is 0 Å². The van der Waals surface area contributed by atoms with Crippen molar-refractivity contribution >= 4 is 11.1 Å². The number of rotatable bonds is 4. The molecule has 2 aromatic carbocycles. The van der Waals surface area contributed by atoms with Crippen LogP contribution in [-0.4, -0.2) is 14.2 Å². The lowest BCUT2D eigenvalue weighted by atomic mass is 9.88. The Morgan fingerprint density at radius 3 is 2.14 bits per heavy atom. The van der Waals surface area contributed by atoms with Crippen molar-refractivity contribution in [3.8, 4) is 11.5 Å². The summed E-state index contributed by atoms with van der Waals surface area (Å²) in [6.07, 6.45) is 1.08. The summed E-state index contributed by atoms with van der Waals surface area (Å²) in [5.74, 6) is 2.26. The molecule has 0 fully saturated rings. The average molecular weight is 294 g/mol. The molecule has 1 aliphatic rings. The van der Waals surface area contributed by atoms with Crippen molar-refractivity contribution in [2.24, 2.45) is 0 Å². The van der Waals surface area contributed by atoms with Gasteiger partial charge in [0.2, 0.25) is 0 Å². The number of fused-ring (bicyclic) bond motifs is 1. The molecule has 2 heteroatoms. The predicted molar refractivity (Wildman–Crippen MR) is 91.5 cm³/mol. The quantitative estimate of drug-likeness (QED) is 0.777. The standard InChI is InChI=1S/C20H22O2/c1-5-17-19-12-16(22-4)10-11-18(19)13(2)20(17)14-6-8-15(21-3)9-7-14/h6-12,17H,5H2,1-4H3. The Bertz CT molecular complexity index is 711. The molecule has 2 aromatic rings. The molecule has 0 N–H and O–H groups in total. The molecule has 3 rings (SSSR count). The van der Waals surface area contributed by atoms with Crippen molar-refractivity contribution in [3.05, 3.63) is 59.2 Å². The highest BCUT2D eigenvalue weighted by molar-refractivity contribution is 5.98. The van der Waals surface area contributed by atoms with Crippen LogP contribution in [0.5, 0.6) is 11.5 Å². The zero-order valence-electron chi connectivity index (χ0n) is 13.6.